The Kier molecular flexibility index (Phi) is 14.2. The molecule has 20 atom stereocenters. The van der Waals surface area contributed by atoms with Gasteiger partial charge in [0.2, 0.25) is 0 Å². The number of aliphatic hydroxyl groups is 13. The van der Waals surface area contributed by atoms with Crippen LogP contribution in [0.15, 0.2) is 0 Å². The highest BCUT2D eigenvalue weighted by Crippen LogP contribution is 2.39. The Morgan fingerprint density at radius 3 is 1.37 bits per heavy atom. The first kappa shape index (κ1) is 41.1. The summed E-state index contributed by atoms with van der Waals surface area (Å²) in [7, 11) is -5.21. The molecule has 15 N–H and O–H groups in total. The molecule has 0 saturated carbocycles. The van der Waals surface area contributed by atoms with Crippen LogP contribution >= 0.6 is 7.82 Å². The molecule has 4 saturated heterocycles. The molecule has 49 heavy (non-hydrogen) atoms. The van der Waals surface area contributed by atoms with Crippen LogP contribution in [0, 0.1) is 0 Å². The molecule has 0 radical (unpaired) electrons. The molecule has 4 rings (SSSR count). The van der Waals surface area contributed by atoms with Crippen LogP contribution in [-0.4, -0.2) is 225 Å². The van der Waals surface area contributed by atoms with E-state index in [1.165, 1.54) is 0 Å². The summed E-state index contributed by atoms with van der Waals surface area (Å²) in [5, 5.41) is 134. The highest BCUT2D eigenvalue weighted by Gasteiger charge is 2.55. The zero-order chi connectivity index (χ0) is 36.5. The van der Waals surface area contributed by atoms with Crippen LogP contribution in [0.3, 0.4) is 0 Å². The molecular formula is C24H43O24P. The first-order valence-electron chi connectivity index (χ1n) is 14.9. The first-order valence-corrected chi connectivity index (χ1v) is 16.4. The summed E-state index contributed by atoms with van der Waals surface area (Å²) in [4.78, 5) is 18.4. The van der Waals surface area contributed by atoms with E-state index in [2.05, 4.69) is 4.52 Å². The van der Waals surface area contributed by atoms with E-state index in [1.807, 2.05) is 0 Å². The Balaban J connectivity index is 1.58. The summed E-state index contributed by atoms with van der Waals surface area (Å²) in [5.41, 5.74) is 0. The molecule has 0 aromatic rings. The van der Waals surface area contributed by atoms with Crippen molar-refractivity contribution in [2.24, 2.45) is 0 Å². The van der Waals surface area contributed by atoms with E-state index in [9.17, 15) is 80.7 Å². The van der Waals surface area contributed by atoms with Gasteiger partial charge in [0.15, 0.2) is 25.2 Å². The maximum absolute atomic E-state index is 11.4. The number of phosphoric acid groups is 1. The van der Waals surface area contributed by atoms with Crippen molar-refractivity contribution in [3.8, 4) is 0 Å². The molecule has 0 amide bonds. The van der Waals surface area contributed by atoms with Gasteiger partial charge in [-0.2, -0.15) is 0 Å². The Hall–Kier alpha value is -0.690. The van der Waals surface area contributed by atoms with Gasteiger partial charge in [0.05, 0.1) is 26.4 Å². The van der Waals surface area contributed by atoms with E-state index >= 15 is 0 Å². The molecule has 0 aromatic heterocycles. The van der Waals surface area contributed by atoms with Gasteiger partial charge in [-0.05, 0) is 0 Å². The molecule has 4 aliphatic rings. The topological polar surface area (TPSA) is 394 Å². The van der Waals surface area contributed by atoms with E-state index in [0.29, 0.717) is 0 Å². The minimum atomic E-state index is -5.21. The largest absolute Gasteiger partial charge is 0.469 e. The standard InChI is InChI=1S/C24H43O24P/c25-1-5-9(28)12(31)15(34)22(43-5)47-19-10(29)6(2-26)44-23(16(19)35)48-20-11(30)8(4-41-49(38,39)40)45-24(17(20)36)46-18-7(3-27)42-21(37)14(33)13(18)32/h5-37H,1-4H2,(H2,38,39,40)/t5-,6-,7-,8-,9+,10+,11+,12+,13-,14+,15-,16-,17-,18-,19+,20+,21+,22+,23+,24+/m1/s1. The highest BCUT2D eigenvalue weighted by atomic mass is 31.2. The minimum Gasteiger partial charge on any atom is -0.394 e. The summed E-state index contributed by atoms with van der Waals surface area (Å²) >= 11 is 0. The third-order valence-electron chi connectivity index (χ3n) is 8.43. The second-order valence-corrected chi connectivity index (χ2v) is 13.0. The van der Waals surface area contributed by atoms with Crippen molar-refractivity contribution in [1.29, 1.82) is 0 Å². The van der Waals surface area contributed by atoms with Crippen molar-refractivity contribution in [1.82, 2.24) is 0 Å². The van der Waals surface area contributed by atoms with Crippen molar-refractivity contribution in [2.45, 2.75) is 123 Å². The fourth-order valence-corrected chi connectivity index (χ4v) is 6.03. The number of hydrogen-bond donors (Lipinski definition) is 15. The Morgan fingerprint density at radius 1 is 0.449 bits per heavy atom. The van der Waals surface area contributed by atoms with Gasteiger partial charge in [-0.3, -0.25) is 4.52 Å². The van der Waals surface area contributed by atoms with Gasteiger partial charge in [-0.25, -0.2) is 4.57 Å². The second-order valence-electron chi connectivity index (χ2n) is 11.7. The molecule has 4 aliphatic heterocycles. The maximum atomic E-state index is 11.4. The number of aliphatic hydroxyl groups excluding tert-OH is 13. The summed E-state index contributed by atoms with van der Waals surface area (Å²) in [5.74, 6) is 0. The molecule has 4 heterocycles. The predicted octanol–water partition coefficient (Wildman–Crippen LogP) is -9.63. The van der Waals surface area contributed by atoms with Gasteiger partial charge < -0.3 is 109 Å². The molecule has 288 valence electrons. The third kappa shape index (κ3) is 9.10. The average Bonchev–Trinajstić information content (AvgIpc) is 3.05. The second kappa shape index (κ2) is 17.0. The van der Waals surface area contributed by atoms with E-state index in [1.54, 1.807) is 0 Å². The number of hydrogen-bond acceptors (Lipinski definition) is 22. The van der Waals surface area contributed by atoms with Crippen molar-refractivity contribution < 1.29 is 118 Å². The van der Waals surface area contributed by atoms with Crippen LogP contribution in [0.2, 0.25) is 0 Å². The zero-order valence-electron chi connectivity index (χ0n) is 25.2. The van der Waals surface area contributed by atoms with E-state index < -0.39 is 157 Å². The zero-order valence-corrected chi connectivity index (χ0v) is 26.1. The van der Waals surface area contributed by atoms with Crippen LogP contribution in [0.1, 0.15) is 0 Å². The summed E-state index contributed by atoms with van der Waals surface area (Å²) < 4.78 is 53.5. The fraction of sp³-hybridized carbons (Fsp3) is 1.00. The van der Waals surface area contributed by atoms with Crippen molar-refractivity contribution in [2.75, 3.05) is 26.4 Å². The van der Waals surface area contributed by atoms with Gasteiger partial charge in [0.25, 0.3) is 0 Å². The van der Waals surface area contributed by atoms with Crippen molar-refractivity contribution in [3.05, 3.63) is 0 Å². The van der Waals surface area contributed by atoms with Gasteiger partial charge in [-0.1, -0.05) is 0 Å². The Bertz CT molecular complexity index is 1080. The molecule has 25 heteroatoms. The lowest BCUT2D eigenvalue weighted by atomic mass is 9.95. The Morgan fingerprint density at radius 2 is 0.878 bits per heavy atom. The first-order chi connectivity index (χ1) is 22.9. The van der Waals surface area contributed by atoms with Crippen LogP contribution in [0.4, 0.5) is 0 Å². The van der Waals surface area contributed by atoms with E-state index in [-0.39, 0.29) is 0 Å². The van der Waals surface area contributed by atoms with Crippen LogP contribution in [0.5, 0.6) is 0 Å². The molecule has 0 aromatic carbocycles. The summed E-state index contributed by atoms with van der Waals surface area (Å²) in [6.07, 6.45) is -38.3. The Labute approximate surface area is 275 Å². The molecule has 24 nitrogen and oxygen atoms in total. The van der Waals surface area contributed by atoms with Crippen LogP contribution in [-0.2, 0) is 42.2 Å². The highest BCUT2D eigenvalue weighted by molar-refractivity contribution is 7.46. The average molecular weight is 747 g/mol. The molecular weight excluding hydrogens is 703 g/mol. The SMILES string of the molecule is O=P(O)(O)OC[C@H]1O[C@@H](O[C@H]2[C@H](O)[C@H](O)[C@@H](O)O[C@@H]2CO)[C@H](O)[C@@H](O[C@@H]2O[C@H](CO)[C@H](O)[C@H](O[C@@H]3O[C@H](CO)[C@H](O)[C@H](O)[C@H]3O)[C@H]2O)[C@H]1O. The third-order valence-corrected chi connectivity index (χ3v) is 8.92. The lowest BCUT2D eigenvalue weighted by Gasteiger charge is -2.49. The molecule has 0 spiro atoms. The van der Waals surface area contributed by atoms with E-state index in [4.69, 9.17) is 33.2 Å². The van der Waals surface area contributed by atoms with Crippen molar-refractivity contribution >= 4 is 7.82 Å². The maximum Gasteiger partial charge on any atom is 0.469 e. The van der Waals surface area contributed by atoms with Crippen molar-refractivity contribution in [3.63, 3.8) is 0 Å². The molecule has 0 aliphatic carbocycles. The number of rotatable bonds is 12. The van der Waals surface area contributed by atoms with Gasteiger partial charge in [0.1, 0.15) is 97.7 Å². The van der Waals surface area contributed by atoms with Gasteiger partial charge in [0, 0.05) is 0 Å². The normalized spacial score (nSPS) is 49.9. The quantitative estimate of drug-likeness (QED) is 0.0824. The van der Waals surface area contributed by atoms with Crippen LogP contribution in [0.25, 0.3) is 0 Å². The number of ether oxygens (including phenoxy) is 7. The molecule has 0 bridgehead atoms. The smallest absolute Gasteiger partial charge is 0.394 e. The van der Waals surface area contributed by atoms with Gasteiger partial charge >= 0.3 is 7.82 Å². The predicted molar refractivity (Wildman–Crippen MR) is 145 cm³/mol. The van der Waals surface area contributed by atoms with Gasteiger partial charge in [-0.15, -0.1) is 0 Å². The molecule has 4 fully saturated rings. The van der Waals surface area contributed by atoms with Crippen LogP contribution < -0.4 is 0 Å². The monoisotopic (exact) mass is 746 g/mol. The van der Waals surface area contributed by atoms with E-state index in [0.717, 1.165) is 0 Å². The minimum absolute atomic E-state index is 0.854. The molecule has 0 unspecified atom stereocenters. The summed E-state index contributed by atoms with van der Waals surface area (Å²) in [6, 6.07) is 0. The number of phosphoric ester groups is 1. The fourth-order valence-electron chi connectivity index (χ4n) is 5.69. The lowest BCUT2D eigenvalue weighted by molar-refractivity contribution is -0.389. The summed E-state index contributed by atoms with van der Waals surface area (Å²) in [6.45, 7) is -3.83. The lowest BCUT2D eigenvalue weighted by Crippen LogP contribution is -2.67.